The Morgan fingerprint density at radius 2 is 1.88 bits per heavy atom. The number of amides is 1. The highest BCUT2D eigenvalue weighted by atomic mass is 35.5. The number of para-hydroxylation sites is 1. The molecule has 206 valence electrons. The van der Waals surface area contributed by atoms with Crippen molar-refractivity contribution in [3.63, 3.8) is 0 Å². The lowest BCUT2D eigenvalue weighted by Gasteiger charge is -2.35. The molecule has 0 bridgehead atoms. The first-order valence-corrected chi connectivity index (χ1v) is 12.7. The number of aromatic nitrogens is 2. The average molecular weight is 562 g/mol. The number of anilines is 4. The SMILES string of the molecule is COc1ccc(C(=N)c2c(N)ncnc2NC(C)C(Nc2cccc(Cl)c2C)N(C=O)c2ccccc2)cc1F. The molecule has 40 heavy (non-hydrogen) atoms. The summed E-state index contributed by atoms with van der Waals surface area (Å²) in [6, 6.07) is 18.3. The van der Waals surface area contributed by atoms with Crippen LogP contribution in [0.15, 0.2) is 73.1 Å². The zero-order chi connectivity index (χ0) is 28.8. The number of carbonyl (C=O) groups is 1. The maximum atomic E-state index is 14.4. The molecule has 0 aliphatic heterocycles. The molecule has 2 unspecified atom stereocenters. The Labute approximate surface area is 236 Å². The normalized spacial score (nSPS) is 12.2. The number of carbonyl (C=O) groups excluding carboxylic acids is 1. The number of rotatable bonds is 11. The van der Waals surface area contributed by atoms with E-state index >= 15 is 0 Å². The lowest BCUT2D eigenvalue weighted by molar-refractivity contribution is -0.107. The van der Waals surface area contributed by atoms with E-state index in [4.69, 9.17) is 27.5 Å². The number of nitrogen functional groups attached to an aromatic ring is 1. The van der Waals surface area contributed by atoms with E-state index in [9.17, 15) is 9.18 Å². The van der Waals surface area contributed by atoms with E-state index in [0.29, 0.717) is 10.7 Å². The van der Waals surface area contributed by atoms with E-state index < -0.39 is 18.0 Å². The molecule has 0 spiro atoms. The lowest BCUT2D eigenvalue weighted by Crippen LogP contribution is -2.50. The van der Waals surface area contributed by atoms with Crippen LogP contribution in [0.1, 0.15) is 23.6 Å². The minimum Gasteiger partial charge on any atom is -0.494 e. The van der Waals surface area contributed by atoms with Gasteiger partial charge >= 0.3 is 0 Å². The Balaban J connectivity index is 1.73. The number of nitrogens with zero attached hydrogens (tertiary/aromatic N) is 3. The molecule has 4 rings (SSSR count). The predicted molar refractivity (Wildman–Crippen MR) is 157 cm³/mol. The quantitative estimate of drug-likeness (QED) is 0.108. The molecule has 1 heterocycles. The summed E-state index contributed by atoms with van der Waals surface area (Å²) in [6.07, 6.45) is 1.37. The molecule has 0 fully saturated rings. The van der Waals surface area contributed by atoms with Crippen LogP contribution in [0.25, 0.3) is 0 Å². The fraction of sp³-hybridized carbons (Fsp3) is 0.172. The third-order valence-corrected chi connectivity index (χ3v) is 6.85. The predicted octanol–water partition coefficient (Wildman–Crippen LogP) is 5.49. The molecular weight excluding hydrogens is 533 g/mol. The first-order chi connectivity index (χ1) is 19.2. The summed E-state index contributed by atoms with van der Waals surface area (Å²) < 4.78 is 19.4. The van der Waals surface area contributed by atoms with Gasteiger partial charge in [-0.15, -0.1) is 0 Å². The molecular formula is C29H29ClFN7O2. The van der Waals surface area contributed by atoms with Crippen LogP contribution in [-0.4, -0.2) is 41.4 Å². The van der Waals surface area contributed by atoms with Crippen molar-refractivity contribution in [3.8, 4) is 5.75 Å². The van der Waals surface area contributed by atoms with Crippen molar-refractivity contribution in [1.29, 1.82) is 5.41 Å². The number of ether oxygens (including phenoxy) is 1. The van der Waals surface area contributed by atoms with Crippen molar-refractivity contribution in [3.05, 3.63) is 101 Å². The van der Waals surface area contributed by atoms with Crippen LogP contribution in [0.5, 0.6) is 5.75 Å². The van der Waals surface area contributed by atoms with Crippen molar-refractivity contribution < 1.29 is 13.9 Å². The summed E-state index contributed by atoms with van der Waals surface area (Å²) in [4.78, 5) is 22.4. The molecule has 5 N–H and O–H groups in total. The Bertz CT molecular complexity index is 1520. The van der Waals surface area contributed by atoms with E-state index in [1.165, 1.54) is 25.6 Å². The van der Waals surface area contributed by atoms with Gasteiger partial charge < -0.3 is 21.1 Å². The molecule has 4 aromatic rings. The van der Waals surface area contributed by atoms with Gasteiger partial charge in [-0.2, -0.15) is 0 Å². The standard InChI is InChI=1S/C29H29ClFN7O2/c1-17-21(30)10-7-11-23(17)37-29(38(16-39)20-8-5-4-6-9-20)18(2)36-28-25(27(33)34-15-35-28)26(32)19-12-13-24(40-3)22(31)14-19/h4-16,18,29,32,37H,1-3H3,(H3,33,34,35,36). The van der Waals surface area contributed by atoms with Gasteiger partial charge in [-0.05, 0) is 61.9 Å². The van der Waals surface area contributed by atoms with Crippen LogP contribution in [-0.2, 0) is 4.79 Å². The van der Waals surface area contributed by atoms with Gasteiger partial charge in [0, 0.05) is 22.0 Å². The number of benzene rings is 3. The highest BCUT2D eigenvalue weighted by molar-refractivity contribution is 6.31. The second kappa shape index (κ2) is 12.4. The maximum absolute atomic E-state index is 14.4. The number of nitrogens with one attached hydrogen (secondary N) is 3. The van der Waals surface area contributed by atoms with Crippen molar-refractivity contribution in [2.75, 3.05) is 28.4 Å². The molecule has 0 aliphatic rings. The summed E-state index contributed by atoms with van der Waals surface area (Å²) in [5.41, 5.74) is 8.77. The molecule has 2 atom stereocenters. The molecule has 0 radical (unpaired) electrons. The van der Waals surface area contributed by atoms with Gasteiger partial charge in [-0.1, -0.05) is 35.9 Å². The average Bonchev–Trinajstić information content (AvgIpc) is 2.95. The van der Waals surface area contributed by atoms with Gasteiger partial charge in [0.2, 0.25) is 6.41 Å². The van der Waals surface area contributed by atoms with Crippen LogP contribution in [0.4, 0.5) is 27.4 Å². The number of nitrogens with two attached hydrogens (primary N) is 1. The first kappa shape index (κ1) is 28.3. The van der Waals surface area contributed by atoms with Crippen molar-refractivity contribution in [2.45, 2.75) is 26.1 Å². The van der Waals surface area contributed by atoms with Crippen LogP contribution in [0.2, 0.25) is 5.02 Å². The van der Waals surface area contributed by atoms with Gasteiger partial charge in [0.1, 0.15) is 24.1 Å². The molecule has 1 amide bonds. The minimum absolute atomic E-state index is 0.0384. The Kier molecular flexibility index (Phi) is 8.80. The fourth-order valence-corrected chi connectivity index (χ4v) is 4.44. The van der Waals surface area contributed by atoms with Crippen LogP contribution < -0.4 is 26.0 Å². The second-order valence-corrected chi connectivity index (χ2v) is 9.40. The maximum Gasteiger partial charge on any atom is 0.215 e. The molecule has 11 heteroatoms. The molecule has 9 nitrogen and oxygen atoms in total. The van der Waals surface area contributed by atoms with Crippen LogP contribution >= 0.6 is 11.6 Å². The lowest BCUT2D eigenvalue weighted by atomic mass is 10.0. The zero-order valence-corrected chi connectivity index (χ0v) is 22.9. The smallest absolute Gasteiger partial charge is 0.215 e. The fourth-order valence-electron chi connectivity index (χ4n) is 4.26. The van der Waals surface area contributed by atoms with Gasteiger partial charge in [0.15, 0.2) is 11.6 Å². The summed E-state index contributed by atoms with van der Waals surface area (Å²) >= 11 is 6.37. The van der Waals surface area contributed by atoms with Gasteiger partial charge in [0.05, 0.1) is 24.4 Å². The third kappa shape index (κ3) is 5.97. The summed E-state index contributed by atoms with van der Waals surface area (Å²) in [5, 5.41) is 16.1. The van der Waals surface area contributed by atoms with Crippen LogP contribution in [0.3, 0.4) is 0 Å². The Hall–Kier alpha value is -4.70. The number of halogens is 2. The number of hydrogen-bond donors (Lipinski definition) is 4. The zero-order valence-electron chi connectivity index (χ0n) is 22.2. The summed E-state index contributed by atoms with van der Waals surface area (Å²) in [7, 11) is 1.36. The van der Waals surface area contributed by atoms with E-state index in [0.717, 1.165) is 17.7 Å². The van der Waals surface area contributed by atoms with Crippen molar-refractivity contribution >= 4 is 46.7 Å². The van der Waals surface area contributed by atoms with Gasteiger partial charge in [-0.3, -0.25) is 15.1 Å². The monoisotopic (exact) mass is 561 g/mol. The molecule has 1 aromatic heterocycles. The highest BCUT2D eigenvalue weighted by Gasteiger charge is 2.28. The molecule has 3 aromatic carbocycles. The van der Waals surface area contributed by atoms with E-state index in [-0.39, 0.29) is 34.2 Å². The van der Waals surface area contributed by atoms with Gasteiger partial charge in [0.25, 0.3) is 0 Å². The van der Waals surface area contributed by atoms with Gasteiger partial charge in [-0.25, -0.2) is 14.4 Å². The molecule has 0 saturated carbocycles. The van der Waals surface area contributed by atoms with E-state index in [1.54, 1.807) is 17.0 Å². The molecule has 0 saturated heterocycles. The second-order valence-electron chi connectivity index (χ2n) is 8.99. The Morgan fingerprint density at radius 1 is 1.12 bits per heavy atom. The van der Waals surface area contributed by atoms with E-state index in [1.807, 2.05) is 56.3 Å². The molecule has 0 aliphatic carbocycles. The first-order valence-electron chi connectivity index (χ1n) is 12.3. The largest absolute Gasteiger partial charge is 0.494 e. The Morgan fingerprint density at radius 3 is 2.55 bits per heavy atom. The minimum atomic E-state index is -0.645. The van der Waals surface area contributed by atoms with E-state index in [2.05, 4.69) is 20.6 Å². The summed E-state index contributed by atoms with van der Waals surface area (Å²) in [5.74, 6) is -0.277. The van der Waals surface area contributed by atoms with Crippen LogP contribution in [0, 0.1) is 18.2 Å². The highest BCUT2D eigenvalue weighted by Crippen LogP contribution is 2.29. The summed E-state index contributed by atoms with van der Waals surface area (Å²) in [6.45, 7) is 3.74. The van der Waals surface area contributed by atoms with Crippen molar-refractivity contribution in [2.24, 2.45) is 0 Å². The number of methoxy groups -OCH3 is 1. The third-order valence-electron chi connectivity index (χ3n) is 6.44. The van der Waals surface area contributed by atoms with Crippen molar-refractivity contribution in [1.82, 2.24) is 9.97 Å². The topological polar surface area (TPSA) is 129 Å². The number of hydrogen-bond acceptors (Lipinski definition) is 8.